The van der Waals surface area contributed by atoms with Gasteiger partial charge in [-0.05, 0) is 27.7 Å². The van der Waals surface area contributed by atoms with E-state index in [1.807, 2.05) is 0 Å². The van der Waals surface area contributed by atoms with Crippen LogP contribution in [0.4, 0.5) is 0 Å². The Hall–Kier alpha value is -0.650. The maximum absolute atomic E-state index is 11.8. The Bertz CT molecular complexity index is 243. The highest BCUT2D eigenvalue weighted by atomic mass is 16.5. The van der Waals surface area contributed by atoms with Gasteiger partial charge in [-0.1, -0.05) is 0 Å². The smallest absolute Gasteiger partial charge is 0.250 e. The summed E-state index contributed by atoms with van der Waals surface area (Å²) in [7, 11) is 0. The minimum Gasteiger partial charge on any atom is -0.366 e. The van der Waals surface area contributed by atoms with E-state index in [0.717, 1.165) is 13.1 Å². The Morgan fingerprint density at radius 2 is 2.06 bits per heavy atom. The standard InChI is InChI=1S/C13H27N3O2/c1-10(2)16(11(3)4)7-5-15-13(17)12-9-14-6-8-18-12/h10-12,14H,5-9H2,1-4H3,(H,15,17). The summed E-state index contributed by atoms with van der Waals surface area (Å²) in [6.07, 6.45) is -0.328. The number of amides is 1. The van der Waals surface area contributed by atoms with Crippen molar-refractivity contribution in [2.24, 2.45) is 0 Å². The second-order valence-electron chi connectivity index (χ2n) is 5.28. The van der Waals surface area contributed by atoms with Crippen molar-refractivity contribution < 1.29 is 9.53 Å². The van der Waals surface area contributed by atoms with E-state index in [1.54, 1.807) is 0 Å². The summed E-state index contributed by atoms with van der Waals surface area (Å²) in [6.45, 7) is 12.3. The molecule has 1 fully saturated rings. The molecule has 2 N–H and O–H groups in total. The first-order valence-electron chi connectivity index (χ1n) is 6.88. The van der Waals surface area contributed by atoms with Crippen LogP contribution in [0.1, 0.15) is 27.7 Å². The largest absolute Gasteiger partial charge is 0.366 e. The van der Waals surface area contributed by atoms with E-state index in [0.29, 0.717) is 31.8 Å². The monoisotopic (exact) mass is 257 g/mol. The first-order valence-corrected chi connectivity index (χ1v) is 6.88. The van der Waals surface area contributed by atoms with Gasteiger partial charge in [0, 0.05) is 38.3 Å². The van der Waals surface area contributed by atoms with E-state index < -0.39 is 0 Å². The van der Waals surface area contributed by atoms with Gasteiger partial charge >= 0.3 is 0 Å². The maximum atomic E-state index is 11.8. The minimum absolute atomic E-state index is 0.00494. The number of morpholine rings is 1. The van der Waals surface area contributed by atoms with Crippen molar-refractivity contribution >= 4 is 5.91 Å². The summed E-state index contributed by atoms with van der Waals surface area (Å²) in [5.74, 6) is -0.00494. The topological polar surface area (TPSA) is 53.6 Å². The van der Waals surface area contributed by atoms with Crippen molar-refractivity contribution in [3.63, 3.8) is 0 Å². The summed E-state index contributed by atoms with van der Waals surface area (Å²) >= 11 is 0. The molecule has 106 valence electrons. The fraction of sp³-hybridized carbons (Fsp3) is 0.923. The summed E-state index contributed by atoms with van der Waals surface area (Å²) in [5, 5.41) is 6.10. The van der Waals surface area contributed by atoms with Crippen LogP contribution in [0, 0.1) is 0 Å². The molecule has 1 unspecified atom stereocenters. The highest BCUT2D eigenvalue weighted by Gasteiger charge is 2.21. The van der Waals surface area contributed by atoms with Gasteiger partial charge in [-0.3, -0.25) is 9.69 Å². The lowest BCUT2D eigenvalue weighted by Gasteiger charge is -2.31. The maximum Gasteiger partial charge on any atom is 0.250 e. The van der Waals surface area contributed by atoms with Crippen LogP contribution < -0.4 is 10.6 Å². The van der Waals surface area contributed by atoms with Gasteiger partial charge in [0.1, 0.15) is 6.10 Å². The number of carbonyl (C=O) groups excluding carboxylic acids is 1. The van der Waals surface area contributed by atoms with Crippen LogP contribution >= 0.6 is 0 Å². The molecular weight excluding hydrogens is 230 g/mol. The molecule has 0 saturated carbocycles. The van der Waals surface area contributed by atoms with Crippen molar-refractivity contribution in [1.29, 1.82) is 0 Å². The molecule has 0 spiro atoms. The van der Waals surface area contributed by atoms with Crippen molar-refractivity contribution in [1.82, 2.24) is 15.5 Å². The van der Waals surface area contributed by atoms with Crippen LogP contribution in [0.15, 0.2) is 0 Å². The van der Waals surface area contributed by atoms with E-state index in [2.05, 4.69) is 43.2 Å². The molecule has 1 atom stereocenters. The lowest BCUT2D eigenvalue weighted by molar-refractivity contribution is -0.134. The zero-order chi connectivity index (χ0) is 13.5. The van der Waals surface area contributed by atoms with Crippen LogP contribution in [-0.2, 0) is 9.53 Å². The van der Waals surface area contributed by atoms with E-state index in [4.69, 9.17) is 4.74 Å². The van der Waals surface area contributed by atoms with Gasteiger partial charge in [-0.25, -0.2) is 0 Å². The molecule has 1 amide bonds. The second kappa shape index (κ2) is 7.71. The average molecular weight is 257 g/mol. The minimum atomic E-state index is -0.328. The molecule has 18 heavy (non-hydrogen) atoms. The molecule has 5 nitrogen and oxygen atoms in total. The third-order valence-electron chi connectivity index (χ3n) is 3.22. The first-order chi connectivity index (χ1) is 8.52. The molecule has 0 aliphatic carbocycles. The predicted octanol–water partition coefficient (Wildman–Crippen LogP) is 0.210. The van der Waals surface area contributed by atoms with Crippen LogP contribution in [0.25, 0.3) is 0 Å². The van der Waals surface area contributed by atoms with Crippen LogP contribution in [-0.4, -0.2) is 61.8 Å². The normalized spacial score (nSPS) is 20.7. The van der Waals surface area contributed by atoms with Crippen molar-refractivity contribution in [2.75, 3.05) is 32.8 Å². The molecule has 0 aromatic rings. The zero-order valence-corrected chi connectivity index (χ0v) is 12.0. The highest BCUT2D eigenvalue weighted by molar-refractivity contribution is 5.81. The molecule has 1 rings (SSSR count). The first kappa shape index (κ1) is 15.4. The number of carbonyl (C=O) groups is 1. The molecule has 0 aromatic heterocycles. The summed E-state index contributed by atoms with van der Waals surface area (Å²) in [4.78, 5) is 14.2. The number of rotatable bonds is 6. The van der Waals surface area contributed by atoms with Gasteiger partial charge < -0.3 is 15.4 Å². The van der Waals surface area contributed by atoms with Gasteiger partial charge in [0.2, 0.25) is 0 Å². The zero-order valence-electron chi connectivity index (χ0n) is 12.0. The summed E-state index contributed by atoms with van der Waals surface area (Å²) < 4.78 is 5.40. The van der Waals surface area contributed by atoms with Crippen LogP contribution in [0.2, 0.25) is 0 Å². The van der Waals surface area contributed by atoms with E-state index in [-0.39, 0.29) is 12.0 Å². The molecule has 0 radical (unpaired) electrons. The lowest BCUT2D eigenvalue weighted by atomic mass is 10.2. The molecule has 0 bridgehead atoms. The van der Waals surface area contributed by atoms with Gasteiger partial charge in [0.25, 0.3) is 5.91 Å². The molecule has 0 aromatic carbocycles. The lowest BCUT2D eigenvalue weighted by Crippen LogP contribution is -2.50. The third kappa shape index (κ3) is 4.92. The van der Waals surface area contributed by atoms with Gasteiger partial charge in [0.15, 0.2) is 0 Å². The Kier molecular flexibility index (Phi) is 6.60. The molecule has 1 saturated heterocycles. The van der Waals surface area contributed by atoms with E-state index in [1.165, 1.54) is 0 Å². The van der Waals surface area contributed by atoms with Crippen molar-refractivity contribution in [2.45, 2.75) is 45.9 Å². The van der Waals surface area contributed by atoms with Gasteiger partial charge in [0.05, 0.1) is 6.61 Å². The quantitative estimate of drug-likeness (QED) is 0.714. The molecule has 1 aliphatic rings. The highest BCUT2D eigenvalue weighted by Crippen LogP contribution is 2.03. The number of hydrogen-bond donors (Lipinski definition) is 2. The van der Waals surface area contributed by atoms with Gasteiger partial charge in [-0.2, -0.15) is 0 Å². The fourth-order valence-electron chi connectivity index (χ4n) is 2.27. The third-order valence-corrected chi connectivity index (χ3v) is 3.22. The van der Waals surface area contributed by atoms with Crippen molar-refractivity contribution in [3.8, 4) is 0 Å². The van der Waals surface area contributed by atoms with E-state index >= 15 is 0 Å². The molecule has 5 heteroatoms. The number of hydrogen-bond acceptors (Lipinski definition) is 4. The Morgan fingerprint density at radius 3 is 2.56 bits per heavy atom. The SMILES string of the molecule is CC(C)N(CCNC(=O)C1CNCCO1)C(C)C. The summed E-state index contributed by atoms with van der Waals surface area (Å²) in [5.41, 5.74) is 0. The Balaban J connectivity index is 2.25. The molecular formula is C13H27N3O2. The predicted molar refractivity (Wildman–Crippen MR) is 72.6 cm³/mol. The number of nitrogens with zero attached hydrogens (tertiary/aromatic N) is 1. The van der Waals surface area contributed by atoms with Crippen LogP contribution in [0.5, 0.6) is 0 Å². The molecule has 1 heterocycles. The Labute approximate surface area is 110 Å². The Morgan fingerprint density at radius 1 is 1.39 bits per heavy atom. The number of ether oxygens (including phenoxy) is 1. The van der Waals surface area contributed by atoms with Gasteiger partial charge in [-0.15, -0.1) is 0 Å². The number of nitrogens with one attached hydrogen (secondary N) is 2. The average Bonchev–Trinajstić information content (AvgIpc) is 2.34. The van der Waals surface area contributed by atoms with Crippen LogP contribution in [0.3, 0.4) is 0 Å². The summed E-state index contributed by atoms with van der Waals surface area (Å²) in [6, 6.07) is 0.990. The van der Waals surface area contributed by atoms with Crippen molar-refractivity contribution in [3.05, 3.63) is 0 Å². The fourth-order valence-corrected chi connectivity index (χ4v) is 2.27. The molecule has 1 aliphatic heterocycles. The second-order valence-corrected chi connectivity index (χ2v) is 5.28. The van der Waals surface area contributed by atoms with E-state index in [9.17, 15) is 4.79 Å².